The standard InChI is InChI=1S/C14H19N3O2S/c1-19-13(18)9-20-12-8-15-7-11(16-12)17-6-2-3-14(10-17)4-5-14/h7-8H,2-6,9-10H2,1H3. The van der Waals surface area contributed by atoms with Crippen molar-refractivity contribution < 1.29 is 9.53 Å². The van der Waals surface area contributed by atoms with Crippen molar-refractivity contribution in [2.75, 3.05) is 30.9 Å². The van der Waals surface area contributed by atoms with E-state index in [9.17, 15) is 4.79 Å². The number of ether oxygens (including phenoxy) is 1. The van der Waals surface area contributed by atoms with Gasteiger partial charge in [0.25, 0.3) is 0 Å². The van der Waals surface area contributed by atoms with Gasteiger partial charge in [-0.05, 0) is 31.1 Å². The Balaban J connectivity index is 1.66. The molecule has 1 saturated carbocycles. The summed E-state index contributed by atoms with van der Waals surface area (Å²) < 4.78 is 4.64. The van der Waals surface area contributed by atoms with Crippen molar-refractivity contribution in [2.24, 2.45) is 5.41 Å². The zero-order chi connectivity index (χ0) is 14.0. The molecule has 0 amide bonds. The lowest BCUT2D eigenvalue weighted by Crippen LogP contribution is -2.37. The first-order valence-corrected chi connectivity index (χ1v) is 7.96. The van der Waals surface area contributed by atoms with E-state index in [1.165, 1.54) is 44.6 Å². The molecule has 1 aliphatic heterocycles. The van der Waals surface area contributed by atoms with Crippen molar-refractivity contribution >= 4 is 23.5 Å². The Bertz CT molecular complexity index is 505. The molecule has 5 nitrogen and oxygen atoms in total. The van der Waals surface area contributed by atoms with Gasteiger partial charge in [0.15, 0.2) is 0 Å². The number of carbonyl (C=O) groups excluding carboxylic acids is 1. The summed E-state index contributed by atoms with van der Waals surface area (Å²) in [4.78, 5) is 22.4. The van der Waals surface area contributed by atoms with Gasteiger partial charge in [0.2, 0.25) is 0 Å². The molecule has 2 fully saturated rings. The highest BCUT2D eigenvalue weighted by atomic mass is 32.2. The van der Waals surface area contributed by atoms with Crippen LogP contribution in [0, 0.1) is 5.41 Å². The van der Waals surface area contributed by atoms with Crippen LogP contribution < -0.4 is 4.90 Å². The third kappa shape index (κ3) is 3.06. The maximum atomic E-state index is 11.2. The number of thioether (sulfide) groups is 1. The monoisotopic (exact) mass is 293 g/mol. The molecule has 0 bridgehead atoms. The highest BCUT2D eigenvalue weighted by Crippen LogP contribution is 2.52. The zero-order valence-corrected chi connectivity index (χ0v) is 12.5. The molecule has 0 N–H and O–H groups in total. The fourth-order valence-electron chi connectivity index (χ4n) is 2.74. The van der Waals surface area contributed by atoms with Crippen LogP contribution in [0.2, 0.25) is 0 Å². The summed E-state index contributed by atoms with van der Waals surface area (Å²) in [6.07, 6.45) is 8.83. The second-order valence-electron chi connectivity index (χ2n) is 5.61. The van der Waals surface area contributed by atoms with Crippen LogP contribution in [0.4, 0.5) is 5.82 Å². The van der Waals surface area contributed by atoms with Crippen LogP contribution in [0.1, 0.15) is 25.7 Å². The second kappa shape index (κ2) is 5.60. The number of nitrogens with zero attached hydrogens (tertiary/aromatic N) is 3. The van der Waals surface area contributed by atoms with Crippen molar-refractivity contribution in [1.82, 2.24) is 9.97 Å². The largest absolute Gasteiger partial charge is 0.468 e. The minimum atomic E-state index is -0.239. The van der Waals surface area contributed by atoms with E-state index in [1.54, 1.807) is 6.20 Å². The van der Waals surface area contributed by atoms with Gasteiger partial charge in [0, 0.05) is 13.1 Å². The Morgan fingerprint density at radius 2 is 2.30 bits per heavy atom. The Morgan fingerprint density at radius 1 is 1.45 bits per heavy atom. The lowest BCUT2D eigenvalue weighted by Gasteiger charge is -2.33. The Labute approximate surface area is 123 Å². The molecule has 1 aliphatic carbocycles. The van der Waals surface area contributed by atoms with Crippen LogP contribution in [-0.4, -0.2) is 41.9 Å². The van der Waals surface area contributed by atoms with Crippen LogP contribution in [-0.2, 0) is 9.53 Å². The predicted octanol–water partition coefficient (Wildman–Crippen LogP) is 2.12. The molecule has 1 spiro atoms. The van der Waals surface area contributed by atoms with Gasteiger partial charge in [0.1, 0.15) is 10.8 Å². The Morgan fingerprint density at radius 3 is 3.05 bits per heavy atom. The summed E-state index contributed by atoms with van der Waals surface area (Å²) in [6.45, 7) is 2.16. The fourth-order valence-corrected chi connectivity index (χ4v) is 3.42. The fraction of sp³-hybridized carbons (Fsp3) is 0.643. The molecule has 2 heterocycles. The van der Waals surface area contributed by atoms with Gasteiger partial charge in [-0.1, -0.05) is 11.8 Å². The Hall–Kier alpha value is -1.30. The van der Waals surface area contributed by atoms with E-state index in [4.69, 9.17) is 0 Å². The van der Waals surface area contributed by atoms with E-state index in [2.05, 4.69) is 19.6 Å². The Kier molecular flexibility index (Phi) is 3.83. The molecule has 1 saturated heterocycles. The van der Waals surface area contributed by atoms with E-state index >= 15 is 0 Å². The molecule has 20 heavy (non-hydrogen) atoms. The summed E-state index contributed by atoms with van der Waals surface area (Å²) in [5.41, 5.74) is 0.565. The van der Waals surface area contributed by atoms with E-state index in [0.717, 1.165) is 23.9 Å². The number of carbonyl (C=O) groups is 1. The first kappa shape index (κ1) is 13.7. The van der Waals surface area contributed by atoms with Gasteiger partial charge >= 0.3 is 5.97 Å². The molecule has 0 unspecified atom stereocenters. The minimum absolute atomic E-state index is 0.239. The molecule has 0 aromatic carbocycles. The molecule has 108 valence electrons. The number of methoxy groups -OCH3 is 1. The number of hydrogen-bond donors (Lipinski definition) is 0. The number of aromatic nitrogens is 2. The summed E-state index contributed by atoms with van der Waals surface area (Å²) in [6, 6.07) is 0. The van der Waals surface area contributed by atoms with Gasteiger partial charge in [-0.2, -0.15) is 0 Å². The van der Waals surface area contributed by atoms with Crippen LogP contribution in [0.3, 0.4) is 0 Å². The van der Waals surface area contributed by atoms with Crippen LogP contribution in [0.5, 0.6) is 0 Å². The van der Waals surface area contributed by atoms with Crippen molar-refractivity contribution in [3.63, 3.8) is 0 Å². The third-order valence-electron chi connectivity index (χ3n) is 4.11. The molecule has 6 heteroatoms. The minimum Gasteiger partial charge on any atom is -0.468 e. The molecule has 0 radical (unpaired) electrons. The maximum absolute atomic E-state index is 11.2. The van der Waals surface area contributed by atoms with Gasteiger partial charge < -0.3 is 9.64 Å². The highest BCUT2D eigenvalue weighted by molar-refractivity contribution is 7.99. The molecule has 1 aromatic heterocycles. The summed E-state index contributed by atoms with van der Waals surface area (Å²) in [7, 11) is 1.40. The lowest BCUT2D eigenvalue weighted by molar-refractivity contribution is -0.137. The normalized spacial score (nSPS) is 19.9. The lowest BCUT2D eigenvalue weighted by atomic mass is 9.95. The maximum Gasteiger partial charge on any atom is 0.316 e. The average molecular weight is 293 g/mol. The molecule has 3 rings (SSSR count). The number of esters is 1. The van der Waals surface area contributed by atoms with Crippen molar-refractivity contribution in [1.29, 1.82) is 0 Å². The van der Waals surface area contributed by atoms with E-state index in [0.29, 0.717) is 5.41 Å². The first-order valence-electron chi connectivity index (χ1n) is 6.97. The van der Waals surface area contributed by atoms with E-state index in [-0.39, 0.29) is 11.7 Å². The molecule has 1 aromatic rings. The smallest absolute Gasteiger partial charge is 0.316 e. The first-order chi connectivity index (χ1) is 9.71. The average Bonchev–Trinajstić information content (AvgIpc) is 3.24. The molecular weight excluding hydrogens is 274 g/mol. The van der Waals surface area contributed by atoms with Gasteiger partial charge in [-0.15, -0.1) is 0 Å². The highest BCUT2D eigenvalue weighted by Gasteiger charge is 2.45. The second-order valence-corrected chi connectivity index (χ2v) is 6.60. The number of piperidine rings is 1. The van der Waals surface area contributed by atoms with E-state index in [1.807, 2.05) is 6.20 Å². The topological polar surface area (TPSA) is 55.3 Å². The quantitative estimate of drug-likeness (QED) is 0.626. The van der Waals surface area contributed by atoms with Crippen LogP contribution >= 0.6 is 11.8 Å². The van der Waals surface area contributed by atoms with Crippen molar-refractivity contribution in [3.05, 3.63) is 12.4 Å². The van der Waals surface area contributed by atoms with Crippen LogP contribution in [0.25, 0.3) is 0 Å². The van der Waals surface area contributed by atoms with Gasteiger partial charge in [-0.3, -0.25) is 9.78 Å². The SMILES string of the molecule is COC(=O)CSc1cncc(N2CCCC3(CC3)C2)n1. The zero-order valence-electron chi connectivity index (χ0n) is 11.7. The third-order valence-corrected chi connectivity index (χ3v) is 4.98. The number of hydrogen-bond acceptors (Lipinski definition) is 6. The number of anilines is 1. The summed E-state index contributed by atoms with van der Waals surface area (Å²) in [5, 5.41) is 0.781. The summed E-state index contributed by atoms with van der Waals surface area (Å²) >= 11 is 1.37. The number of rotatable bonds is 4. The van der Waals surface area contributed by atoms with E-state index < -0.39 is 0 Å². The predicted molar refractivity (Wildman–Crippen MR) is 77.9 cm³/mol. The summed E-state index contributed by atoms with van der Waals surface area (Å²) in [5.74, 6) is 0.974. The molecular formula is C14H19N3O2S. The van der Waals surface area contributed by atoms with Gasteiger partial charge in [0.05, 0.1) is 25.3 Å². The van der Waals surface area contributed by atoms with Gasteiger partial charge in [-0.25, -0.2) is 4.98 Å². The molecule has 2 aliphatic rings. The van der Waals surface area contributed by atoms with Crippen molar-refractivity contribution in [3.8, 4) is 0 Å². The molecule has 0 atom stereocenters. The van der Waals surface area contributed by atoms with Crippen molar-refractivity contribution in [2.45, 2.75) is 30.7 Å². The van der Waals surface area contributed by atoms with Crippen LogP contribution in [0.15, 0.2) is 17.4 Å².